The van der Waals surface area contributed by atoms with Crippen LogP contribution in [-0.4, -0.2) is 8.42 Å². The third-order valence-corrected chi connectivity index (χ3v) is 6.48. The standard InChI is InChI=1S/C13H15BrN2O2S2/c1-8-3-4-10(14)6-11(8)16-20(17,18)13-5-9(2)12(7-15)19-13/h3-6,16H,7,15H2,1-2H3. The van der Waals surface area contributed by atoms with Gasteiger partial charge in [0.25, 0.3) is 10.0 Å². The van der Waals surface area contributed by atoms with Crippen molar-refractivity contribution >= 4 is 43.0 Å². The molecule has 0 aliphatic rings. The molecule has 1 aromatic carbocycles. The lowest BCUT2D eigenvalue weighted by Crippen LogP contribution is -2.12. The van der Waals surface area contributed by atoms with E-state index in [0.29, 0.717) is 12.2 Å². The molecule has 2 rings (SSSR count). The molecule has 1 aromatic heterocycles. The van der Waals surface area contributed by atoms with E-state index in [2.05, 4.69) is 20.7 Å². The van der Waals surface area contributed by atoms with Crippen LogP contribution in [0.1, 0.15) is 16.0 Å². The lowest BCUT2D eigenvalue weighted by molar-refractivity contribution is 0.603. The van der Waals surface area contributed by atoms with E-state index in [1.807, 2.05) is 26.0 Å². The SMILES string of the molecule is Cc1ccc(Br)cc1NS(=O)(=O)c1cc(C)c(CN)s1. The Morgan fingerprint density at radius 3 is 2.55 bits per heavy atom. The third kappa shape index (κ3) is 3.22. The smallest absolute Gasteiger partial charge is 0.271 e. The Balaban J connectivity index is 2.37. The number of hydrogen-bond donors (Lipinski definition) is 2. The number of rotatable bonds is 4. The summed E-state index contributed by atoms with van der Waals surface area (Å²) in [6.45, 7) is 4.07. The number of aryl methyl sites for hydroxylation is 2. The predicted molar refractivity (Wildman–Crippen MR) is 86.6 cm³/mol. The lowest BCUT2D eigenvalue weighted by atomic mass is 10.2. The summed E-state index contributed by atoms with van der Waals surface area (Å²) in [5.74, 6) is 0. The van der Waals surface area contributed by atoms with Crippen molar-refractivity contribution in [1.82, 2.24) is 0 Å². The zero-order valence-electron chi connectivity index (χ0n) is 11.1. The van der Waals surface area contributed by atoms with Crippen LogP contribution >= 0.6 is 27.3 Å². The maximum Gasteiger partial charge on any atom is 0.271 e. The number of anilines is 1. The highest BCUT2D eigenvalue weighted by molar-refractivity contribution is 9.10. The number of nitrogens with one attached hydrogen (secondary N) is 1. The molecular formula is C13H15BrN2O2S2. The highest BCUT2D eigenvalue weighted by Crippen LogP contribution is 2.29. The van der Waals surface area contributed by atoms with E-state index in [-0.39, 0.29) is 4.21 Å². The fourth-order valence-electron chi connectivity index (χ4n) is 1.72. The van der Waals surface area contributed by atoms with Gasteiger partial charge in [-0.1, -0.05) is 22.0 Å². The highest BCUT2D eigenvalue weighted by atomic mass is 79.9. The van der Waals surface area contributed by atoms with Gasteiger partial charge in [-0.15, -0.1) is 11.3 Å². The molecule has 4 nitrogen and oxygen atoms in total. The first kappa shape index (κ1) is 15.5. The van der Waals surface area contributed by atoms with Crippen molar-refractivity contribution in [2.75, 3.05) is 4.72 Å². The van der Waals surface area contributed by atoms with Gasteiger partial charge in [-0.2, -0.15) is 0 Å². The summed E-state index contributed by atoms with van der Waals surface area (Å²) in [5, 5.41) is 0. The van der Waals surface area contributed by atoms with Crippen molar-refractivity contribution < 1.29 is 8.42 Å². The van der Waals surface area contributed by atoms with Crippen LogP contribution in [0.2, 0.25) is 0 Å². The van der Waals surface area contributed by atoms with Crippen molar-refractivity contribution in [3.05, 3.63) is 44.7 Å². The van der Waals surface area contributed by atoms with Crippen molar-refractivity contribution in [2.24, 2.45) is 5.73 Å². The van der Waals surface area contributed by atoms with Gasteiger partial charge in [-0.25, -0.2) is 8.42 Å². The lowest BCUT2D eigenvalue weighted by Gasteiger charge is -2.09. The summed E-state index contributed by atoms with van der Waals surface area (Å²) in [4.78, 5) is 0.885. The molecule has 0 aliphatic carbocycles. The van der Waals surface area contributed by atoms with E-state index in [4.69, 9.17) is 5.73 Å². The zero-order valence-corrected chi connectivity index (χ0v) is 14.3. The molecule has 0 spiro atoms. The minimum atomic E-state index is -3.57. The number of hydrogen-bond acceptors (Lipinski definition) is 4. The quantitative estimate of drug-likeness (QED) is 0.861. The molecule has 20 heavy (non-hydrogen) atoms. The molecule has 0 fully saturated rings. The molecule has 1 heterocycles. The van der Waals surface area contributed by atoms with E-state index in [1.54, 1.807) is 12.1 Å². The Hall–Kier alpha value is -0.890. The van der Waals surface area contributed by atoms with Gasteiger partial charge in [-0.3, -0.25) is 4.72 Å². The van der Waals surface area contributed by atoms with Gasteiger partial charge in [0, 0.05) is 15.9 Å². The number of nitrogens with two attached hydrogens (primary N) is 1. The van der Waals surface area contributed by atoms with Gasteiger partial charge in [-0.05, 0) is 43.2 Å². The second-order valence-corrected chi connectivity index (χ2v) is 8.40. The first-order valence-corrected chi connectivity index (χ1v) is 9.01. The predicted octanol–water partition coefficient (Wildman–Crippen LogP) is 3.39. The average Bonchev–Trinajstić information content (AvgIpc) is 2.76. The molecule has 0 aliphatic heterocycles. The van der Waals surface area contributed by atoms with E-state index in [9.17, 15) is 8.42 Å². The van der Waals surface area contributed by atoms with Crippen LogP contribution in [0.3, 0.4) is 0 Å². The van der Waals surface area contributed by atoms with Gasteiger partial charge in [0.05, 0.1) is 5.69 Å². The summed E-state index contributed by atoms with van der Waals surface area (Å²) in [6.07, 6.45) is 0. The number of halogens is 1. The summed E-state index contributed by atoms with van der Waals surface area (Å²) in [6, 6.07) is 7.13. The van der Waals surface area contributed by atoms with Crippen molar-refractivity contribution in [1.29, 1.82) is 0 Å². The Morgan fingerprint density at radius 1 is 1.25 bits per heavy atom. The third-order valence-electron chi connectivity index (χ3n) is 2.89. The van der Waals surface area contributed by atoms with Gasteiger partial charge in [0.2, 0.25) is 0 Å². The minimum Gasteiger partial charge on any atom is -0.326 e. The molecule has 2 aromatic rings. The van der Waals surface area contributed by atoms with Gasteiger partial charge in [0.15, 0.2) is 0 Å². The van der Waals surface area contributed by atoms with Gasteiger partial charge < -0.3 is 5.73 Å². The van der Waals surface area contributed by atoms with Crippen LogP contribution in [0.15, 0.2) is 32.9 Å². The zero-order chi connectivity index (χ0) is 14.9. The van der Waals surface area contributed by atoms with Crippen LogP contribution in [0.4, 0.5) is 5.69 Å². The maximum atomic E-state index is 12.4. The normalized spacial score (nSPS) is 11.6. The fourth-order valence-corrected chi connectivity index (χ4v) is 4.67. The summed E-state index contributed by atoms with van der Waals surface area (Å²) in [7, 11) is -3.57. The van der Waals surface area contributed by atoms with E-state index in [1.165, 1.54) is 11.3 Å². The molecule has 0 radical (unpaired) electrons. The summed E-state index contributed by atoms with van der Waals surface area (Å²) in [5.41, 5.74) is 7.93. The molecule has 7 heteroatoms. The van der Waals surface area contributed by atoms with Crippen molar-refractivity contribution in [2.45, 2.75) is 24.6 Å². The Labute approximate surface area is 131 Å². The highest BCUT2D eigenvalue weighted by Gasteiger charge is 2.19. The van der Waals surface area contributed by atoms with Gasteiger partial charge in [0.1, 0.15) is 4.21 Å². The number of sulfonamides is 1. The second kappa shape index (κ2) is 5.85. The Kier molecular flexibility index (Phi) is 4.53. The molecule has 108 valence electrons. The molecule has 0 amide bonds. The maximum absolute atomic E-state index is 12.4. The number of benzene rings is 1. The van der Waals surface area contributed by atoms with E-state index < -0.39 is 10.0 Å². The molecule has 0 saturated heterocycles. The molecule has 0 saturated carbocycles. The van der Waals surface area contributed by atoms with Crippen LogP contribution < -0.4 is 10.5 Å². The monoisotopic (exact) mass is 374 g/mol. The molecule has 3 N–H and O–H groups in total. The van der Waals surface area contributed by atoms with E-state index >= 15 is 0 Å². The Morgan fingerprint density at radius 2 is 1.95 bits per heavy atom. The fraction of sp³-hybridized carbons (Fsp3) is 0.231. The first-order chi connectivity index (χ1) is 9.33. The second-order valence-electron chi connectivity index (χ2n) is 4.44. The van der Waals surface area contributed by atoms with Gasteiger partial charge >= 0.3 is 0 Å². The molecule has 0 unspecified atom stereocenters. The summed E-state index contributed by atoms with van der Waals surface area (Å²) >= 11 is 4.55. The number of thiophene rings is 1. The largest absolute Gasteiger partial charge is 0.326 e. The van der Waals surface area contributed by atoms with Crippen LogP contribution in [-0.2, 0) is 16.6 Å². The molecule has 0 atom stereocenters. The van der Waals surface area contributed by atoms with Crippen LogP contribution in [0, 0.1) is 13.8 Å². The molecule has 0 bridgehead atoms. The topological polar surface area (TPSA) is 72.2 Å². The minimum absolute atomic E-state index is 0.287. The van der Waals surface area contributed by atoms with Crippen LogP contribution in [0.5, 0.6) is 0 Å². The summed E-state index contributed by atoms with van der Waals surface area (Å²) < 4.78 is 28.5. The first-order valence-electron chi connectivity index (χ1n) is 5.92. The van der Waals surface area contributed by atoms with Crippen LogP contribution in [0.25, 0.3) is 0 Å². The Bertz CT molecular complexity index is 739. The van der Waals surface area contributed by atoms with E-state index in [0.717, 1.165) is 20.5 Å². The van der Waals surface area contributed by atoms with Crippen molar-refractivity contribution in [3.63, 3.8) is 0 Å². The average molecular weight is 375 g/mol. The van der Waals surface area contributed by atoms with Crippen molar-refractivity contribution in [3.8, 4) is 0 Å². The molecular weight excluding hydrogens is 360 g/mol.